The Morgan fingerprint density at radius 2 is 1.67 bits per heavy atom. The number of nitrogens with zero attached hydrogens (tertiary/aromatic N) is 1. The van der Waals surface area contributed by atoms with Gasteiger partial charge in [-0.1, -0.05) is 36.4 Å². The molecule has 7 nitrogen and oxygen atoms in total. The number of carbonyl (C=O) groups excluding carboxylic acids is 2. The van der Waals surface area contributed by atoms with Crippen LogP contribution in [0, 0.1) is 5.21 Å². The third-order valence-corrected chi connectivity index (χ3v) is 4.20. The highest BCUT2D eigenvalue weighted by Gasteiger charge is 2.39. The van der Waals surface area contributed by atoms with Gasteiger partial charge in [-0.15, -0.1) is 0 Å². The molecular formula is C17H12N3O4-. The van der Waals surface area contributed by atoms with E-state index in [1.165, 1.54) is 12.1 Å². The summed E-state index contributed by atoms with van der Waals surface area (Å²) in [5.41, 5.74) is 2.94. The Kier molecular flexibility index (Phi) is 3.12. The van der Waals surface area contributed by atoms with Crippen molar-refractivity contribution >= 4 is 23.2 Å². The van der Waals surface area contributed by atoms with Crippen molar-refractivity contribution in [2.75, 3.05) is 5.23 Å². The van der Waals surface area contributed by atoms with Gasteiger partial charge in [-0.3, -0.25) is 10.0 Å². The molecule has 0 saturated heterocycles. The maximum Gasteiger partial charge on any atom is 0.320 e. The standard InChI is InChI=1S/C17H12N3O4/c21-16-12-4-2-1-3-11(12)15-13(16)14(18-17(22)19-15)9-5-7-10(8-6-9)20(23)24/h1-8,14,23H,(H2,18,19,22)/q-1. The lowest BCUT2D eigenvalue weighted by atomic mass is 9.94. The maximum atomic E-state index is 12.7. The molecule has 120 valence electrons. The van der Waals surface area contributed by atoms with Crippen molar-refractivity contribution in [3.05, 3.63) is 76.0 Å². The first kappa shape index (κ1) is 14.4. The zero-order valence-corrected chi connectivity index (χ0v) is 12.3. The van der Waals surface area contributed by atoms with Gasteiger partial charge < -0.3 is 21.1 Å². The van der Waals surface area contributed by atoms with E-state index in [0.29, 0.717) is 28.0 Å². The number of hydrogen-bond donors (Lipinski definition) is 3. The Hall–Kier alpha value is -3.16. The maximum absolute atomic E-state index is 12.7. The topological polar surface area (TPSA) is 105 Å². The summed E-state index contributed by atoms with van der Waals surface area (Å²) in [4.78, 5) is 24.8. The molecule has 0 fully saturated rings. The number of nitrogens with one attached hydrogen (secondary N) is 2. The second-order valence-corrected chi connectivity index (χ2v) is 5.56. The fraction of sp³-hybridized carbons (Fsp3) is 0.0588. The molecule has 1 atom stereocenters. The van der Waals surface area contributed by atoms with Crippen LogP contribution in [-0.2, 0) is 0 Å². The lowest BCUT2D eigenvalue weighted by Crippen LogP contribution is -2.43. The fourth-order valence-corrected chi connectivity index (χ4v) is 3.11. The second kappa shape index (κ2) is 5.19. The lowest BCUT2D eigenvalue weighted by Gasteiger charge is -2.27. The van der Waals surface area contributed by atoms with Crippen molar-refractivity contribution in [2.45, 2.75) is 6.04 Å². The number of rotatable bonds is 2. The summed E-state index contributed by atoms with van der Waals surface area (Å²) in [7, 11) is 0. The minimum atomic E-state index is -0.624. The molecule has 7 heteroatoms. The molecule has 1 aliphatic heterocycles. The molecule has 0 radical (unpaired) electrons. The van der Waals surface area contributed by atoms with Crippen LogP contribution in [0.15, 0.2) is 54.1 Å². The Morgan fingerprint density at radius 1 is 1.00 bits per heavy atom. The summed E-state index contributed by atoms with van der Waals surface area (Å²) in [5, 5.41) is 25.0. The quantitative estimate of drug-likeness (QED) is 0.736. The van der Waals surface area contributed by atoms with Crippen LogP contribution < -0.4 is 15.9 Å². The molecular weight excluding hydrogens is 310 g/mol. The van der Waals surface area contributed by atoms with Gasteiger partial charge in [-0.2, -0.15) is 0 Å². The molecule has 1 unspecified atom stereocenters. The van der Waals surface area contributed by atoms with Crippen molar-refractivity contribution < 1.29 is 14.8 Å². The molecule has 0 saturated carbocycles. The van der Waals surface area contributed by atoms with Crippen LogP contribution in [0.25, 0.3) is 5.70 Å². The van der Waals surface area contributed by atoms with Gasteiger partial charge in [-0.25, -0.2) is 4.79 Å². The number of hydrogen-bond acceptors (Lipinski definition) is 5. The Labute approximate surface area is 136 Å². The van der Waals surface area contributed by atoms with Gasteiger partial charge in [0.2, 0.25) is 0 Å². The lowest BCUT2D eigenvalue weighted by molar-refractivity contribution is 0.103. The monoisotopic (exact) mass is 322 g/mol. The molecule has 4 rings (SSSR count). The minimum Gasteiger partial charge on any atom is -0.733 e. The van der Waals surface area contributed by atoms with E-state index in [9.17, 15) is 14.8 Å². The normalized spacial score (nSPS) is 18.7. The largest absolute Gasteiger partial charge is 0.733 e. The van der Waals surface area contributed by atoms with Crippen molar-refractivity contribution in [2.24, 2.45) is 0 Å². The number of ketones is 1. The van der Waals surface area contributed by atoms with Crippen LogP contribution in [0.1, 0.15) is 27.5 Å². The van der Waals surface area contributed by atoms with Crippen molar-refractivity contribution in [1.82, 2.24) is 10.6 Å². The van der Waals surface area contributed by atoms with Gasteiger partial charge in [0.15, 0.2) is 5.78 Å². The summed E-state index contributed by atoms with van der Waals surface area (Å²) in [5.74, 6) is -0.144. The van der Waals surface area contributed by atoms with Gasteiger partial charge in [0.05, 0.1) is 23.0 Å². The van der Waals surface area contributed by atoms with Crippen molar-refractivity contribution in [3.8, 4) is 0 Å². The predicted octanol–water partition coefficient (Wildman–Crippen LogP) is 2.34. The first-order chi connectivity index (χ1) is 11.6. The van der Waals surface area contributed by atoms with Crippen LogP contribution >= 0.6 is 0 Å². The molecule has 0 aromatic heterocycles. The molecule has 24 heavy (non-hydrogen) atoms. The smallest absolute Gasteiger partial charge is 0.320 e. The number of amides is 2. The number of urea groups is 1. The summed E-state index contributed by atoms with van der Waals surface area (Å²) >= 11 is 0. The summed E-state index contributed by atoms with van der Waals surface area (Å²) in [6.45, 7) is 0. The van der Waals surface area contributed by atoms with E-state index in [-0.39, 0.29) is 16.7 Å². The van der Waals surface area contributed by atoms with Gasteiger partial charge in [0.1, 0.15) is 0 Å². The zero-order valence-electron chi connectivity index (χ0n) is 12.3. The van der Waals surface area contributed by atoms with E-state index in [1.54, 1.807) is 30.3 Å². The third kappa shape index (κ3) is 2.07. The van der Waals surface area contributed by atoms with E-state index in [4.69, 9.17) is 5.21 Å². The number of benzene rings is 2. The van der Waals surface area contributed by atoms with Crippen LogP contribution in [0.4, 0.5) is 10.5 Å². The Morgan fingerprint density at radius 3 is 2.33 bits per heavy atom. The average molecular weight is 322 g/mol. The Bertz CT molecular complexity index is 887. The zero-order chi connectivity index (χ0) is 16.8. The number of Topliss-reactive ketones (excluding diaryl/α,β-unsaturated/α-hetero) is 1. The number of anilines is 1. The summed E-state index contributed by atoms with van der Waals surface area (Å²) < 4.78 is 0. The van der Waals surface area contributed by atoms with Gasteiger partial charge in [0.25, 0.3) is 0 Å². The summed E-state index contributed by atoms with van der Waals surface area (Å²) in [6, 6.07) is 12.1. The molecule has 2 aromatic carbocycles. The third-order valence-electron chi connectivity index (χ3n) is 4.20. The Balaban J connectivity index is 1.81. The van der Waals surface area contributed by atoms with E-state index in [0.717, 1.165) is 0 Å². The van der Waals surface area contributed by atoms with Gasteiger partial charge in [-0.05, 0) is 17.7 Å². The summed E-state index contributed by atoms with van der Waals surface area (Å²) in [6.07, 6.45) is 0. The van der Waals surface area contributed by atoms with Crippen LogP contribution in [-0.4, -0.2) is 17.0 Å². The van der Waals surface area contributed by atoms with Crippen molar-refractivity contribution in [3.63, 3.8) is 0 Å². The fourth-order valence-electron chi connectivity index (χ4n) is 3.11. The highest BCUT2D eigenvalue weighted by molar-refractivity contribution is 6.23. The van der Waals surface area contributed by atoms with Crippen LogP contribution in [0.3, 0.4) is 0 Å². The highest BCUT2D eigenvalue weighted by Crippen LogP contribution is 2.39. The van der Waals surface area contributed by atoms with Gasteiger partial charge in [0, 0.05) is 11.1 Å². The molecule has 0 spiro atoms. The minimum absolute atomic E-state index is 0.0641. The first-order valence-electron chi connectivity index (χ1n) is 7.28. The number of fused-ring (bicyclic) bond motifs is 2. The molecule has 1 aliphatic carbocycles. The first-order valence-corrected chi connectivity index (χ1v) is 7.28. The molecule has 3 N–H and O–H groups in total. The SMILES string of the molecule is O=C1NC2=C(C(=O)c3ccccc32)C(c2ccc(N([O-])O)cc2)N1. The molecule has 2 aliphatic rings. The van der Waals surface area contributed by atoms with E-state index < -0.39 is 12.1 Å². The van der Waals surface area contributed by atoms with E-state index in [1.807, 2.05) is 6.07 Å². The van der Waals surface area contributed by atoms with Crippen LogP contribution in [0.5, 0.6) is 0 Å². The van der Waals surface area contributed by atoms with Crippen molar-refractivity contribution in [1.29, 1.82) is 0 Å². The predicted molar refractivity (Wildman–Crippen MR) is 86.2 cm³/mol. The molecule has 2 aromatic rings. The van der Waals surface area contributed by atoms with E-state index >= 15 is 0 Å². The average Bonchev–Trinajstić information content (AvgIpc) is 2.87. The van der Waals surface area contributed by atoms with E-state index in [2.05, 4.69) is 10.6 Å². The van der Waals surface area contributed by atoms with Gasteiger partial charge >= 0.3 is 6.03 Å². The highest BCUT2D eigenvalue weighted by atomic mass is 16.8. The van der Waals surface area contributed by atoms with Crippen LogP contribution in [0.2, 0.25) is 0 Å². The molecule has 0 bridgehead atoms. The number of carbonyl (C=O) groups is 2. The molecule has 1 heterocycles. The second-order valence-electron chi connectivity index (χ2n) is 5.56. The molecule has 2 amide bonds.